The van der Waals surface area contributed by atoms with E-state index >= 15 is 0 Å². The van der Waals surface area contributed by atoms with Gasteiger partial charge in [0, 0.05) is 5.02 Å². The number of aryl methyl sites for hydroxylation is 2. The quantitative estimate of drug-likeness (QED) is 0.302. The fourth-order valence-corrected chi connectivity index (χ4v) is 2.62. The summed E-state index contributed by atoms with van der Waals surface area (Å²) in [6.45, 7) is 5.29. The minimum Gasteiger partial charge on any atom is -0.479 e. The van der Waals surface area contributed by atoms with Crippen molar-refractivity contribution in [2.24, 2.45) is 0 Å². The van der Waals surface area contributed by atoms with E-state index in [1.807, 2.05) is 13.8 Å². The van der Waals surface area contributed by atoms with E-state index in [9.17, 15) is 9.59 Å². The highest BCUT2D eigenvalue weighted by atomic mass is 35.5. The van der Waals surface area contributed by atoms with Crippen molar-refractivity contribution >= 4 is 29.6 Å². The van der Waals surface area contributed by atoms with Crippen LogP contribution in [0.5, 0.6) is 11.5 Å². The first-order valence-electron chi connectivity index (χ1n) is 8.70. The first kappa shape index (κ1) is 22.0. The largest absolute Gasteiger partial charge is 0.479 e. The monoisotopic (exact) mass is 413 g/mol. The van der Waals surface area contributed by atoms with Crippen LogP contribution in [0.15, 0.2) is 42.0 Å². The Bertz CT molecular complexity index is 983. The summed E-state index contributed by atoms with van der Waals surface area (Å²) in [6.07, 6.45) is 0.487. The highest BCUT2D eigenvalue weighted by Gasteiger charge is 2.18. The lowest BCUT2D eigenvalue weighted by Crippen LogP contribution is -2.28. The van der Waals surface area contributed by atoms with Gasteiger partial charge in [-0.1, -0.05) is 23.7 Å². The molecule has 0 N–H and O–H groups in total. The number of hydrogen-bond donors (Lipinski definition) is 0. The molecular formula is C22H20ClNO5. The highest BCUT2D eigenvalue weighted by molar-refractivity contribution is 6.32. The Morgan fingerprint density at radius 1 is 1.14 bits per heavy atom. The van der Waals surface area contributed by atoms with Gasteiger partial charge in [-0.25, -0.2) is 9.59 Å². The van der Waals surface area contributed by atoms with Gasteiger partial charge in [0.15, 0.2) is 6.10 Å². The fraction of sp³-hybridized carbons (Fsp3) is 0.227. The molecule has 29 heavy (non-hydrogen) atoms. The maximum absolute atomic E-state index is 12.4. The number of nitriles is 1. The van der Waals surface area contributed by atoms with Crippen molar-refractivity contribution in [2.45, 2.75) is 26.9 Å². The molecule has 0 radical (unpaired) electrons. The third-order valence-corrected chi connectivity index (χ3v) is 4.56. The summed E-state index contributed by atoms with van der Waals surface area (Å²) >= 11 is 6.15. The molecule has 0 saturated heterocycles. The third kappa shape index (κ3) is 5.84. The number of nitrogens with zero attached hydrogens (tertiary/aromatic N) is 1. The van der Waals surface area contributed by atoms with Crippen LogP contribution in [-0.4, -0.2) is 25.2 Å². The molecule has 2 rings (SSSR count). The van der Waals surface area contributed by atoms with Gasteiger partial charge >= 0.3 is 11.9 Å². The van der Waals surface area contributed by atoms with Crippen LogP contribution in [0.4, 0.5) is 0 Å². The molecule has 6 nitrogen and oxygen atoms in total. The number of hydrogen-bond acceptors (Lipinski definition) is 6. The molecule has 1 unspecified atom stereocenters. The molecule has 0 aromatic heterocycles. The molecule has 0 spiro atoms. The van der Waals surface area contributed by atoms with Gasteiger partial charge in [0.1, 0.15) is 23.1 Å². The number of benzene rings is 2. The predicted molar refractivity (Wildman–Crippen MR) is 109 cm³/mol. The number of halogens is 1. The van der Waals surface area contributed by atoms with Gasteiger partial charge in [0.25, 0.3) is 0 Å². The molecule has 2 aromatic rings. The molecule has 0 bridgehead atoms. The van der Waals surface area contributed by atoms with Crippen LogP contribution < -0.4 is 9.47 Å². The van der Waals surface area contributed by atoms with Crippen LogP contribution >= 0.6 is 11.6 Å². The van der Waals surface area contributed by atoms with E-state index in [2.05, 4.69) is 4.74 Å². The van der Waals surface area contributed by atoms with Gasteiger partial charge in [-0.15, -0.1) is 0 Å². The Labute approximate surface area is 174 Å². The third-order valence-electron chi connectivity index (χ3n) is 3.97. The van der Waals surface area contributed by atoms with Crippen LogP contribution in [0.3, 0.4) is 0 Å². The molecule has 1 atom stereocenters. The molecular weight excluding hydrogens is 394 g/mol. The lowest BCUT2D eigenvalue weighted by Gasteiger charge is -2.15. The Kier molecular flexibility index (Phi) is 7.40. The maximum Gasteiger partial charge on any atom is 0.352 e. The van der Waals surface area contributed by atoms with Gasteiger partial charge in [0.2, 0.25) is 0 Å². The standard InChI is InChI=1S/C22H20ClNO5/c1-13-8-19(9-14(2)20(13)23)28-15(3)21(25)29-18-7-5-6-16(11-18)10-17(12-24)22(26)27-4/h5-11,15H,1-4H3/b17-10+. The van der Waals surface area contributed by atoms with Crippen molar-refractivity contribution in [2.75, 3.05) is 7.11 Å². The zero-order valence-corrected chi connectivity index (χ0v) is 17.2. The predicted octanol–water partition coefficient (Wildman–Crippen LogP) is 4.41. The summed E-state index contributed by atoms with van der Waals surface area (Å²) in [5.74, 6) is -0.567. The summed E-state index contributed by atoms with van der Waals surface area (Å²) in [5, 5.41) is 9.70. The summed E-state index contributed by atoms with van der Waals surface area (Å²) in [6, 6.07) is 11.7. The summed E-state index contributed by atoms with van der Waals surface area (Å²) < 4.78 is 15.6. The van der Waals surface area contributed by atoms with E-state index < -0.39 is 18.0 Å². The zero-order chi connectivity index (χ0) is 21.6. The van der Waals surface area contributed by atoms with Crippen molar-refractivity contribution in [1.82, 2.24) is 0 Å². The van der Waals surface area contributed by atoms with E-state index in [-0.39, 0.29) is 11.3 Å². The molecule has 0 aliphatic carbocycles. The van der Waals surface area contributed by atoms with Crippen molar-refractivity contribution in [3.05, 3.63) is 63.7 Å². The van der Waals surface area contributed by atoms with Crippen LogP contribution in [0.1, 0.15) is 23.6 Å². The first-order chi connectivity index (χ1) is 13.7. The average Bonchev–Trinajstić information content (AvgIpc) is 2.69. The lowest BCUT2D eigenvalue weighted by atomic mass is 10.1. The molecule has 0 heterocycles. The van der Waals surface area contributed by atoms with E-state index in [4.69, 9.17) is 26.3 Å². The second kappa shape index (κ2) is 9.76. The minimum absolute atomic E-state index is 0.166. The molecule has 0 amide bonds. The summed E-state index contributed by atoms with van der Waals surface area (Å²) in [5.41, 5.74) is 2.04. The number of rotatable bonds is 6. The van der Waals surface area contributed by atoms with Crippen LogP contribution in [0.2, 0.25) is 5.02 Å². The number of carbonyl (C=O) groups excluding carboxylic acids is 2. The van der Waals surface area contributed by atoms with Crippen LogP contribution in [-0.2, 0) is 14.3 Å². The van der Waals surface area contributed by atoms with Crippen molar-refractivity contribution in [1.29, 1.82) is 5.26 Å². The Hall–Kier alpha value is -3.30. The van der Waals surface area contributed by atoms with Gasteiger partial charge in [-0.2, -0.15) is 5.26 Å². The first-order valence-corrected chi connectivity index (χ1v) is 9.08. The van der Waals surface area contributed by atoms with Crippen LogP contribution in [0.25, 0.3) is 6.08 Å². The molecule has 7 heteroatoms. The van der Waals surface area contributed by atoms with Gasteiger partial charge in [-0.3, -0.25) is 0 Å². The van der Waals surface area contributed by atoms with E-state index in [1.54, 1.807) is 43.3 Å². The number of esters is 2. The molecule has 150 valence electrons. The number of methoxy groups -OCH3 is 1. The topological polar surface area (TPSA) is 85.6 Å². The SMILES string of the molecule is COC(=O)/C(C#N)=C/c1cccc(OC(=O)C(C)Oc2cc(C)c(Cl)c(C)c2)c1. The molecule has 0 aliphatic heterocycles. The summed E-state index contributed by atoms with van der Waals surface area (Å²) in [7, 11) is 1.19. The number of carbonyl (C=O) groups is 2. The Morgan fingerprint density at radius 3 is 2.38 bits per heavy atom. The van der Waals surface area contributed by atoms with Gasteiger partial charge in [0.05, 0.1) is 7.11 Å². The molecule has 0 aliphatic rings. The average molecular weight is 414 g/mol. The van der Waals surface area contributed by atoms with Crippen molar-refractivity contribution in [3.8, 4) is 17.6 Å². The normalized spacial score (nSPS) is 11.9. The zero-order valence-electron chi connectivity index (χ0n) is 16.5. The second-order valence-electron chi connectivity index (χ2n) is 6.29. The molecule has 0 saturated carbocycles. The lowest BCUT2D eigenvalue weighted by molar-refractivity contribution is -0.141. The Balaban J connectivity index is 2.12. The van der Waals surface area contributed by atoms with Gasteiger partial charge in [-0.05, 0) is 67.8 Å². The van der Waals surface area contributed by atoms with Crippen molar-refractivity contribution < 1.29 is 23.8 Å². The highest BCUT2D eigenvalue weighted by Crippen LogP contribution is 2.26. The van der Waals surface area contributed by atoms with Crippen LogP contribution in [0, 0.1) is 25.2 Å². The summed E-state index contributed by atoms with van der Waals surface area (Å²) in [4.78, 5) is 23.9. The maximum atomic E-state index is 12.4. The second-order valence-corrected chi connectivity index (χ2v) is 6.66. The fourth-order valence-electron chi connectivity index (χ4n) is 2.51. The van der Waals surface area contributed by atoms with Gasteiger partial charge < -0.3 is 14.2 Å². The van der Waals surface area contributed by atoms with E-state index in [0.29, 0.717) is 16.3 Å². The minimum atomic E-state index is -0.862. The van der Waals surface area contributed by atoms with Crippen molar-refractivity contribution in [3.63, 3.8) is 0 Å². The number of ether oxygens (including phenoxy) is 3. The molecule has 0 fully saturated rings. The molecule has 2 aromatic carbocycles. The Morgan fingerprint density at radius 2 is 1.79 bits per heavy atom. The van der Waals surface area contributed by atoms with E-state index in [1.165, 1.54) is 19.3 Å². The van der Waals surface area contributed by atoms with E-state index in [0.717, 1.165) is 11.1 Å². The smallest absolute Gasteiger partial charge is 0.352 e.